The third-order valence-electron chi connectivity index (χ3n) is 3.87. The molecule has 0 bridgehead atoms. The van der Waals surface area contributed by atoms with Crippen molar-refractivity contribution in [2.75, 3.05) is 33.8 Å². The summed E-state index contributed by atoms with van der Waals surface area (Å²) in [6.07, 6.45) is 6.56. The van der Waals surface area contributed by atoms with Crippen molar-refractivity contribution in [2.24, 2.45) is 4.99 Å². The first-order valence-electron chi connectivity index (χ1n) is 8.74. The minimum atomic E-state index is 0. The molecule has 1 aliphatic carbocycles. The third kappa shape index (κ3) is 8.09. The molecule has 0 atom stereocenters. The quantitative estimate of drug-likeness (QED) is 0.272. The van der Waals surface area contributed by atoms with E-state index in [1.165, 1.54) is 0 Å². The first kappa shape index (κ1) is 21.8. The van der Waals surface area contributed by atoms with Gasteiger partial charge in [-0.05, 0) is 39.9 Å². The molecule has 1 aromatic rings. The van der Waals surface area contributed by atoms with Gasteiger partial charge in [0.25, 0.3) is 0 Å². The van der Waals surface area contributed by atoms with E-state index in [1.54, 1.807) is 0 Å². The average molecular weight is 458 g/mol. The Morgan fingerprint density at radius 3 is 2.64 bits per heavy atom. The number of halogens is 1. The second kappa shape index (κ2) is 12.1. The topological polar surface area (TPSA) is 48.9 Å². The smallest absolute Gasteiger partial charge is 0.191 e. The van der Waals surface area contributed by atoms with E-state index in [4.69, 9.17) is 9.73 Å². The zero-order valence-corrected chi connectivity index (χ0v) is 17.8. The van der Waals surface area contributed by atoms with Gasteiger partial charge >= 0.3 is 0 Å². The summed E-state index contributed by atoms with van der Waals surface area (Å²) < 4.78 is 5.91. The molecule has 0 unspecified atom stereocenters. The molecule has 0 saturated heterocycles. The first-order chi connectivity index (χ1) is 11.7. The molecule has 5 nitrogen and oxygen atoms in total. The van der Waals surface area contributed by atoms with E-state index in [0.29, 0.717) is 19.2 Å². The fourth-order valence-electron chi connectivity index (χ4n) is 2.53. The maximum atomic E-state index is 5.91. The minimum Gasteiger partial charge on any atom is -0.492 e. The van der Waals surface area contributed by atoms with E-state index < -0.39 is 0 Å². The van der Waals surface area contributed by atoms with Crippen molar-refractivity contribution < 1.29 is 4.74 Å². The van der Waals surface area contributed by atoms with Crippen LogP contribution in [-0.4, -0.2) is 50.7 Å². The molecule has 0 aliphatic heterocycles. The van der Waals surface area contributed by atoms with E-state index in [2.05, 4.69) is 40.7 Å². The lowest BCUT2D eigenvalue weighted by Crippen LogP contribution is -2.42. The predicted molar refractivity (Wildman–Crippen MR) is 116 cm³/mol. The minimum absolute atomic E-state index is 0. The normalized spacial score (nSPS) is 14.5. The van der Waals surface area contributed by atoms with Crippen LogP contribution < -0.4 is 15.4 Å². The van der Waals surface area contributed by atoms with E-state index in [-0.39, 0.29) is 24.0 Å². The van der Waals surface area contributed by atoms with Crippen LogP contribution in [0.5, 0.6) is 5.75 Å². The Morgan fingerprint density at radius 1 is 1.24 bits per heavy atom. The van der Waals surface area contributed by atoms with Crippen LogP contribution in [0.15, 0.2) is 41.4 Å². The second-order valence-electron chi connectivity index (χ2n) is 6.24. The van der Waals surface area contributed by atoms with E-state index in [9.17, 15) is 0 Å². The number of benzene rings is 1. The molecule has 0 amide bonds. The van der Waals surface area contributed by atoms with Crippen molar-refractivity contribution in [3.05, 3.63) is 42.0 Å². The van der Waals surface area contributed by atoms with Crippen LogP contribution in [0.25, 0.3) is 0 Å². The molecular weight excluding hydrogens is 427 g/mol. The molecule has 1 aliphatic rings. The predicted octanol–water partition coefficient (Wildman–Crippen LogP) is 3.02. The number of nitrogens with one attached hydrogen (secondary N) is 2. The zero-order valence-electron chi connectivity index (χ0n) is 15.5. The largest absolute Gasteiger partial charge is 0.492 e. The summed E-state index contributed by atoms with van der Waals surface area (Å²) in [6, 6.07) is 8.59. The molecule has 0 radical (unpaired) electrons. The highest BCUT2D eigenvalue weighted by atomic mass is 127. The molecule has 0 fully saturated rings. The fraction of sp³-hybridized carbons (Fsp3) is 0.526. The number of rotatable bonds is 8. The Bertz CT molecular complexity index is 552. The SMILES string of the molecule is CCNC(=NCc1ccccc1OCCN(C)C)NC1CC=CC1.I. The summed E-state index contributed by atoms with van der Waals surface area (Å²) >= 11 is 0. The van der Waals surface area contributed by atoms with Gasteiger partial charge in [-0.2, -0.15) is 0 Å². The van der Waals surface area contributed by atoms with Crippen LogP contribution in [0.1, 0.15) is 25.3 Å². The molecule has 6 heteroatoms. The van der Waals surface area contributed by atoms with Crippen molar-refractivity contribution in [1.29, 1.82) is 0 Å². The van der Waals surface area contributed by atoms with Crippen molar-refractivity contribution in [3.8, 4) is 5.75 Å². The van der Waals surface area contributed by atoms with Gasteiger partial charge in [0.1, 0.15) is 12.4 Å². The van der Waals surface area contributed by atoms with E-state index in [1.807, 2.05) is 32.3 Å². The van der Waals surface area contributed by atoms with Gasteiger partial charge in [-0.25, -0.2) is 4.99 Å². The van der Waals surface area contributed by atoms with Gasteiger partial charge in [0.15, 0.2) is 5.96 Å². The summed E-state index contributed by atoms with van der Waals surface area (Å²) in [4.78, 5) is 6.84. The number of hydrogen-bond acceptors (Lipinski definition) is 3. The van der Waals surface area contributed by atoms with Crippen LogP contribution >= 0.6 is 24.0 Å². The number of guanidine groups is 1. The number of para-hydroxylation sites is 1. The Morgan fingerprint density at radius 2 is 1.96 bits per heavy atom. The maximum Gasteiger partial charge on any atom is 0.191 e. The van der Waals surface area contributed by atoms with E-state index >= 15 is 0 Å². The summed E-state index contributed by atoms with van der Waals surface area (Å²) in [5.41, 5.74) is 1.11. The number of likely N-dealkylation sites (N-methyl/N-ethyl adjacent to an activating group) is 1. The zero-order chi connectivity index (χ0) is 17.2. The van der Waals surface area contributed by atoms with Gasteiger partial charge < -0.3 is 20.3 Å². The molecule has 0 aromatic heterocycles. The highest BCUT2D eigenvalue weighted by Crippen LogP contribution is 2.19. The Hall–Kier alpha value is -1.28. The lowest BCUT2D eigenvalue weighted by atomic mass is 10.2. The first-order valence-corrected chi connectivity index (χ1v) is 8.74. The standard InChI is InChI=1S/C19H30N4O.HI/c1-4-20-19(22-17-10-6-7-11-17)21-15-16-9-5-8-12-18(16)24-14-13-23(2)3;/h5-9,12,17H,4,10-11,13-15H2,1-3H3,(H2,20,21,22);1H. The van der Waals surface area contributed by atoms with Gasteiger partial charge in [-0.1, -0.05) is 30.4 Å². The summed E-state index contributed by atoms with van der Waals surface area (Å²) in [5, 5.41) is 6.81. The summed E-state index contributed by atoms with van der Waals surface area (Å²) in [5.74, 6) is 1.79. The highest BCUT2D eigenvalue weighted by Gasteiger charge is 2.11. The van der Waals surface area contributed by atoms with E-state index in [0.717, 1.165) is 43.2 Å². The summed E-state index contributed by atoms with van der Waals surface area (Å²) in [6.45, 7) is 5.12. The lowest BCUT2D eigenvalue weighted by molar-refractivity contribution is 0.259. The molecular formula is C19H31IN4O. The summed E-state index contributed by atoms with van der Waals surface area (Å²) in [7, 11) is 4.09. The molecule has 1 aromatic carbocycles. The molecule has 2 rings (SSSR count). The highest BCUT2D eigenvalue weighted by molar-refractivity contribution is 14.0. The van der Waals surface area contributed by atoms with Gasteiger partial charge in [0.2, 0.25) is 0 Å². The molecule has 140 valence electrons. The number of hydrogen-bond donors (Lipinski definition) is 2. The van der Waals surface area contributed by atoms with Crippen LogP contribution in [-0.2, 0) is 6.54 Å². The lowest BCUT2D eigenvalue weighted by Gasteiger charge is -2.17. The van der Waals surface area contributed by atoms with Crippen LogP contribution in [0.3, 0.4) is 0 Å². The molecule has 0 spiro atoms. The second-order valence-corrected chi connectivity index (χ2v) is 6.24. The van der Waals surface area contributed by atoms with Gasteiger partial charge in [0.05, 0.1) is 6.54 Å². The van der Waals surface area contributed by atoms with Gasteiger partial charge in [0, 0.05) is 24.7 Å². The fourth-order valence-corrected chi connectivity index (χ4v) is 2.53. The monoisotopic (exact) mass is 458 g/mol. The van der Waals surface area contributed by atoms with Crippen molar-refractivity contribution in [2.45, 2.75) is 32.4 Å². The van der Waals surface area contributed by atoms with Crippen molar-refractivity contribution >= 4 is 29.9 Å². The van der Waals surface area contributed by atoms with Crippen molar-refractivity contribution in [3.63, 3.8) is 0 Å². The van der Waals surface area contributed by atoms with Gasteiger partial charge in [-0.15, -0.1) is 24.0 Å². The molecule has 25 heavy (non-hydrogen) atoms. The van der Waals surface area contributed by atoms with Crippen LogP contribution in [0.2, 0.25) is 0 Å². The Labute approximate surface area is 168 Å². The molecule has 0 heterocycles. The molecule has 2 N–H and O–H groups in total. The maximum absolute atomic E-state index is 5.91. The number of nitrogens with zero attached hydrogens (tertiary/aromatic N) is 2. The Balaban J connectivity index is 0.00000312. The van der Waals surface area contributed by atoms with Gasteiger partial charge in [-0.3, -0.25) is 0 Å². The van der Waals surface area contributed by atoms with Crippen molar-refractivity contribution in [1.82, 2.24) is 15.5 Å². The Kier molecular flexibility index (Phi) is 10.6. The third-order valence-corrected chi connectivity index (χ3v) is 3.87. The number of ether oxygens (including phenoxy) is 1. The average Bonchev–Trinajstić information content (AvgIpc) is 3.06. The number of aliphatic imine (C=N–C) groups is 1. The molecule has 0 saturated carbocycles. The van der Waals surface area contributed by atoms with Crippen LogP contribution in [0.4, 0.5) is 0 Å². The van der Waals surface area contributed by atoms with Crippen LogP contribution in [0, 0.1) is 0 Å².